The van der Waals surface area contributed by atoms with E-state index < -0.39 is 0 Å². The van der Waals surface area contributed by atoms with Crippen molar-refractivity contribution in [3.8, 4) is 11.5 Å². The molecule has 6 nitrogen and oxygen atoms in total. The molecule has 3 rings (SSSR count). The fourth-order valence-corrected chi connectivity index (χ4v) is 2.90. The molecular formula is C20H22N4O2S. The third-order valence-corrected chi connectivity index (χ3v) is 4.17. The average Bonchev–Trinajstić information content (AvgIpc) is 3.08. The topological polar surface area (TPSA) is 60.3 Å². The van der Waals surface area contributed by atoms with Crippen LogP contribution in [0.15, 0.2) is 54.7 Å². The van der Waals surface area contributed by atoms with E-state index >= 15 is 0 Å². The lowest BCUT2D eigenvalue weighted by atomic mass is 10.1. The number of nitrogens with one attached hydrogen (secondary N) is 2. The van der Waals surface area contributed by atoms with E-state index in [0.717, 1.165) is 5.69 Å². The second kappa shape index (κ2) is 8.55. The minimum absolute atomic E-state index is 0.430. The third-order valence-electron chi connectivity index (χ3n) is 3.97. The summed E-state index contributed by atoms with van der Waals surface area (Å²) in [6, 6.07) is 15.7. The summed E-state index contributed by atoms with van der Waals surface area (Å²) in [5, 5.41) is 11.2. The van der Waals surface area contributed by atoms with Crippen LogP contribution in [0.2, 0.25) is 0 Å². The number of hydrogen-bond acceptors (Lipinski definition) is 4. The van der Waals surface area contributed by atoms with Gasteiger partial charge in [0.1, 0.15) is 11.5 Å². The Morgan fingerprint density at radius 3 is 2.67 bits per heavy atom. The third kappa shape index (κ3) is 4.98. The highest BCUT2D eigenvalue weighted by atomic mass is 32.1. The summed E-state index contributed by atoms with van der Waals surface area (Å²) < 4.78 is 12.4. The van der Waals surface area contributed by atoms with Crippen molar-refractivity contribution >= 4 is 28.8 Å². The lowest BCUT2D eigenvalue weighted by Gasteiger charge is -2.13. The van der Waals surface area contributed by atoms with Gasteiger partial charge in [-0.05, 0) is 36.8 Å². The highest BCUT2D eigenvalue weighted by molar-refractivity contribution is 7.80. The molecule has 0 fully saturated rings. The first-order valence-corrected chi connectivity index (χ1v) is 8.87. The van der Waals surface area contributed by atoms with Crippen LogP contribution in [-0.4, -0.2) is 29.1 Å². The van der Waals surface area contributed by atoms with Gasteiger partial charge in [-0.3, -0.25) is 4.68 Å². The van der Waals surface area contributed by atoms with Gasteiger partial charge >= 0.3 is 0 Å². The fourth-order valence-electron chi connectivity index (χ4n) is 2.69. The van der Waals surface area contributed by atoms with E-state index in [1.54, 1.807) is 20.3 Å². The van der Waals surface area contributed by atoms with Gasteiger partial charge in [0.2, 0.25) is 0 Å². The van der Waals surface area contributed by atoms with Crippen LogP contribution in [0, 0.1) is 6.92 Å². The highest BCUT2D eigenvalue weighted by Crippen LogP contribution is 2.29. The molecule has 3 aromatic rings. The number of hydrogen-bond donors (Lipinski definition) is 2. The summed E-state index contributed by atoms with van der Waals surface area (Å²) in [5.41, 5.74) is 3.18. The van der Waals surface area contributed by atoms with Gasteiger partial charge in [0.25, 0.3) is 0 Å². The molecule has 0 saturated heterocycles. The number of thiocarbonyl (C=S) groups is 1. The van der Waals surface area contributed by atoms with Crippen LogP contribution in [0.5, 0.6) is 11.5 Å². The molecule has 1 heterocycles. The second-order valence-corrected chi connectivity index (χ2v) is 6.44. The largest absolute Gasteiger partial charge is 0.497 e. The second-order valence-electron chi connectivity index (χ2n) is 6.03. The highest BCUT2D eigenvalue weighted by Gasteiger charge is 2.08. The molecular weight excluding hydrogens is 360 g/mol. The van der Waals surface area contributed by atoms with Crippen molar-refractivity contribution in [2.45, 2.75) is 13.5 Å². The smallest absolute Gasteiger partial charge is 0.176 e. The predicted octanol–water partition coefficient (Wildman–Crippen LogP) is 4.07. The zero-order chi connectivity index (χ0) is 19.2. The number of methoxy groups -OCH3 is 2. The van der Waals surface area contributed by atoms with E-state index in [1.165, 1.54) is 11.1 Å². The Bertz CT molecular complexity index is 939. The van der Waals surface area contributed by atoms with Crippen molar-refractivity contribution in [3.63, 3.8) is 0 Å². The van der Waals surface area contributed by atoms with E-state index in [1.807, 2.05) is 29.1 Å². The predicted molar refractivity (Wildman–Crippen MR) is 112 cm³/mol. The van der Waals surface area contributed by atoms with Gasteiger partial charge in [-0.2, -0.15) is 5.10 Å². The van der Waals surface area contributed by atoms with Crippen molar-refractivity contribution in [1.82, 2.24) is 9.78 Å². The van der Waals surface area contributed by atoms with Gasteiger partial charge in [0.05, 0.1) is 26.5 Å². The van der Waals surface area contributed by atoms with Crippen molar-refractivity contribution < 1.29 is 9.47 Å². The van der Waals surface area contributed by atoms with Crippen molar-refractivity contribution in [3.05, 3.63) is 65.9 Å². The van der Waals surface area contributed by atoms with Crippen molar-refractivity contribution in [2.75, 3.05) is 24.9 Å². The number of benzene rings is 2. The Hall–Kier alpha value is -3.06. The molecule has 0 saturated carbocycles. The lowest BCUT2D eigenvalue weighted by Crippen LogP contribution is -2.20. The van der Waals surface area contributed by atoms with Crippen LogP contribution < -0.4 is 20.1 Å². The molecule has 1 aromatic heterocycles. The number of ether oxygens (including phenoxy) is 2. The first-order chi connectivity index (χ1) is 13.1. The first kappa shape index (κ1) is 18.7. The minimum atomic E-state index is 0.430. The van der Waals surface area contributed by atoms with Crippen LogP contribution in [0.4, 0.5) is 11.5 Å². The van der Waals surface area contributed by atoms with Crippen LogP contribution in [0.3, 0.4) is 0 Å². The molecule has 0 amide bonds. The summed E-state index contributed by atoms with van der Waals surface area (Å²) in [5.74, 6) is 2.03. The molecule has 7 heteroatoms. The zero-order valence-electron chi connectivity index (χ0n) is 15.5. The molecule has 0 unspecified atom stereocenters. The molecule has 0 aliphatic carbocycles. The molecule has 140 valence electrons. The Kier molecular flexibility index (Phi) is 5.93. The SMILES string of the molecule is COc1ccc(NC(=S)Nc2ccn(Cc3cccc(C)c3)n2)c(OC)c1. The normalized spacial score (nSPS) is 10.3. The molecule has 0 spiro atoms. The molecule has 2 aromatic carbocycles. The Labute approximate surface area is 164 Å². The van der Waals surface area contributed by atoms with Crippen LogP contribution in [-0.2, 0) is 6.54 Å². The molecule has 0 radical (unpaired) electrons. The summed E-state index contributed by atoms with van der Waals surface area (Å²) in [7, 11) is 3.21. The zero-order valence-corrected chi connectivity index (χ0v) is 16.3. The monoisotopic (exact) mass is 382 g/mol. The number of aromatic nitrogens is 2. The van der Waals surface area contributed by atoms with E-state index in [0.29, 0.717) is 29.0 Å². The fraction of sp³-hybridized carbons (Fsp3) is 0.200. The summed E-state index contributed by atoms with van der Waals surface area (Å²) in [4.78, 5) is 0. The summed E-state index contributed by atoms with van der Waals surface area (Å²) in [6.45, 7) is 2.78. The van der Waals surface area contributed by atoms with E-state index in [-0.39, 0.29) is 0 Å². The van der Waals surface area contributed by atoms with E-state index in [2.05, 4.69) is 46.9 Å². The maximum atomic E-state index is 5.38. The first-order valence-electron chi connectivity index (χ1n) is 8.46. The van der Waals surface area contributed by atoms with Gasteiger partial charge < -0.3 is 20.1 Å². The number of nitrogens with zero attached hydrogens (tertiary/aromatic N) is 2. The van der Waals surface area contributed by atoms with Crippen molar-refractivity contribution in [1.29, 1.82) is 0 Å². The lowest BCUT2D eigenvalue weighted by molar-refractivity contribution is 0.395. The van der Waals surface area contributed by atoms with E-state index in [4.69, 9.17) is 21.7 Å². The maximum absolute atomic E-state index is 5.38. The Balaban J connectivity index is 1.63. The summed E-state index contributed by atoms with van der Waals surface area (Å²) in [6.07, 6.45) is 1.92. The number of aryl methyl sites for hydroxylation is 1. The molecule has 0 bridgehead atoms. The average molecular weight is 382 g/mol. The van der Waals surface area contributed by atoms with Gasteiger partial charge in [0, 0.05) is 18.3 Å². The van der Waals surface area contributed by atoms with Crippen LogP contribution in [0.25, 0.3) is 0 Å². The van der Waals surface area contributed by atoms with Gasteiger partial charge in [-0.25, -0.2) is 0 Å². The number of anilines is 2. The molecule has 0 atom stereocenters. The Morgan fingerprint density at radius 1 is 1.07 bits per heavy atom. The molecule has 0 aliphatic rings. The Morgan fingerprint density at radius 2 is 1.93 bits per heavy atom. The molecule has 2 N–H and O–H groups in total. The van der Waals surface area contributed by atoms with E-state index in [9.17, 15) is 0 Å². The maximum Gasteiger partial charge on any atom is 0.176 e. The molecule has 27 heavy (non-hydrogen) atoms. The number of rotatable bonds is 6. The van der Waals surface area contributed by atoms with Crippen LogP contribution in [0.1, 0.15) is 11.1 Å². The van der Waals surface area contributed by atoms with Gasteiger partial charge in [0.15, 0.2) is 10.9 Å². The van der Waals surface area contributed by atoms with Gasteiger partial charge in [-0.15, -0.1) is 0 Å². The van der Waals surface area contributed by atoms with Crippen LogP contribution >= 0.6 is 12.2 Å². The summed E-state index contributed by atoms with van der Waals surface area (Å²) >= 11 is 5.38. The standard InChI is InChI=1S/C20H22N4O2S/c1-14-5-4-6-15(11-14)13-24-10-9-19(23-24)22-20(27)21-17-8-7-16(25-2)12-18(17)26-3/h4-12H,13H2,1-3H3,(H2,21,22,23,27). The minimum Gasteiger partial charge on any atom is -0.497 e. The van der Waals surface area contributed by atoms with Gasteiger partial charge in [-0.1, -0.05) is 29.8 Å². The molecule has 0 aliphatic heterocycles. The van der Waals surface area contributed by atoms with Crippen molar-refractivity contribution in [2.24, 2.45) is 0 Å². The quantitative estimate of drug-likeness (QED) is 0.627.